The standard InChI is InChI=1S/C21H25ClN2O2/c1-13(2)17-6-8-18(9-7-17)24(16(5)25)12-20(26)23-21-15(4)10-14(3)11-19(21)22/h6-11,13H,12H2,1-5H3,(H,23,26). The molecule has 0 fully saturated rings. The first-order valence-corrected chi connectivity index (χ1v) is 9.01. The van der Waals surface area contributed by atoms with Crippen LogP contribution in [0.2, 0.25) is 5.02 Å². The minimum atomic E-state index is -0.290. The van der Waals surface area contributed by atoms with Crippen LogP contribution in [0.1, 0.15) is 43.4 Å². The number of amides is 2. The number of anilines is 2. The van der Waals surface area contributed by atoms with Gasteiger partial charge in [-0.15, -0.1) is 0 Å². The number of nitrogens with zero attached hydrogens (tertiary/aromatic N) is 1. The van der Waals surface area contributed by atoms with Crippen molar-refractivity contribution in [1.82, 2.24) is 0 Å². The smallest absolute Gasteiger partial charge is 0.244 e. The van der Waals surface area contributed by atoms with Crippen molar-refractivity contribution in [1.29, 1.82) is 0 Å². The van der Waals surface area contributed by atoms with Crippen LogP contribution in [0.15, 0.2) is 36.4 Å². The Morgan fingerprint density at radius 2 is 1.73 bits per heavy atom. The van der Waals surface area contributed by atoms with Crippen molar-refractivity contribution in [3.63, 3.8) is 0 Å². The largest absolute Gasteiger partial charge is 0.323 e. The Morgan fingerprint density at radius 1 is 1.12 bits per heavy atom. The van der Waals surface area contributed by atoms with Gasteiger partial charge in [-0.3, -0.25) is 9.59 Å². The number of rotatable bonds is 5. The minimum Gasteiger partial charge on any atom is -0.323 e. The van der Waals surface area contributed by atoms with Gasteiger partial charge < -0.3 is 10.2 Å². The molecule has 5 heteroatoms. The van der Waals surface area contributed by atoms with Crippen molar-refractivity contribution < 1.29 is 9.59 Å². The summed E-state index contributed by atoms with van der Waals surface area (Å²) in [5.74, 6) is -0.0732. The summed E-state index contributed by atoms with van der Waals surface area (Å²) < 4.78 is 0. The fourth-order valence-electron chi connectivity index (χ4n) is 2.82. The average molecular weight is 373 g/mol. The molecule has 0 aliphatic carbocycles. The molecular weight excluding hydrogens is 348 g/mol. The number of hydrogen-bond donors (Lipinski definition) is 1. The van der Waals surface area contributed by atoms with E-state index in [2.05, 4.69) is 19.2 Å². The molecule has 2 rings (SSSR count). The molecule has 0 atom stereocenters. The lowest BCUT2D eigenvalue weighted by atomic mass is 10.0. The molecule has 0 aromatic heterocycles. The van der Waals surface area contributed by atoms with Gasteiger partial charge in [-0.05, 0) is 54.7 Å². The first-order chi connectivity index (χ1) is 12.2. The number of hydrogen-bond acceptors (Lipinski definition) is 2. The van der Waals surface area contributed by atoms with Gasteiger partial charge in [0.1, 0.15) is 6.54 Å². The fourth-order valence-corrected chi connectivity index (χ4v) is 3.19. The van der Waals surface area contributed by atoms with Gasteiger partial charge in [0.25, 0.3) is 0 Å². The summed E-state index contributed by atoms with van der Waals surface area (Å²) in [6.07, 6.45) is 0. The van der Waals surface area contributed by atoms with Crippen LogP contribution in [0.25, 0.3) is 0 Å². The fraction of sp³-hybridized carbons (Fsp3) is 0.333. The average Bonchev–Trinajstić information content (AvgIpc) is 2.55. The molecule has 26 heavy (non-hydrogen) atoms. The summed E-state index contributed by atoms with van der Waals surface area (Å²) >= 11 is 6.25. The summed E-state index contributed by atoms with van der Waals surface area (Å²) in [4.78, 5) is 26.0. The Hall–Kier alpha value is -2.33. The van der Waals surface area contributed by atoms with E-state index in [1.165, 1.54) is 17.4 Å². The predicted molar refractivity (Wildman–Crippen MR) is 108 cm³/mol. The topological polar surface area (TPSA) is 49.4 Å². The van der Waals surface area contributed by atoms with Crippen LogP contribution in [0.3, 0.4) is 0 Å². The van der Waals surface area contributed by atoms with Gasteiger partial charge in [0, 0.05) is 12.6 Å². The monoisotopic (exact) mass is 372 g/mol. The second-order valence-electron chi connectivity index (χ2n) is 6.84. The molecule has 2 amide bonds. The Kier molecular flexibility index (Phi) is 6.43. The zero-order chi connectivity index (χ0) is 19.4. The van der Waals surface area contributed by atoms with Gasteiger partial charge in [-0.2, -0.15) is 0 Å². The highest BCUT2D eigenvalue weighted by molar-refractivity contribution is 6.34. The Labute approximate surface area is 160 Å². The molecule has 0 aliphatic rings. The lowest BCUT2D eigenvalue weighted by Gasteiger charge is -2.22. The second-order valence-corrected chi connectivity index (χ2v) is 7.25. The van der Waals surface area contributed by atoms with Crippen LogP contribution in [-0.2, 0) is 9.59 Å². The van der Waals surface area contributed by atoms with Crippen molar-refractivity contribution in [3.8, 4) is 0 Å². The van der Waals surface area contributed by atoms with Crippen molar-refractivity contribution in [2.75, 3.05) is 16.8 Å². The molecule has 0 heterocycles. The third-order valence-corrected chi connectivity index (χ3v) is 4.55. The van der Waals surface area contributed by atoms with Crippen molar-refractivity contribution in [3.05, 3.63) is 58.1 Å². The zero-order valence-electron chi connectivity index (χ0n) is 15.9. The predicted octanol–water partition coefficient (Wildman–Crippen LogP) is 5.07. The molecule has 2 aromatic rings. The maximum Gasteiger partial charge on any atom is 0.244 e. The normalized spacial score (nSPS) is 10.7. The van der Waals surface area contributed by atoms with E-state index in [1.807, 2.05) is 44.2 Å². The number of benzene rings is 2. The van der Waals surface area contributed by atoms with E-state index in [4.69, 9.17) is 11.6 Å². The van der Waals surface area contributed by atoms with Gasteiger partial charge in [0.2, 0.25) is 11.8 Å². The Bertz CT molecular complexity index is 790. The molecule has 0 radical (unpaired) electrons. The molecule has 0 saturated heterocycles. The minimum absolute atomic E-state index is 0.0694. The van der Waals surface area contributed by atoms with Crippen molar-refractivity contribution in [2.24, 2.45) is 0 Å². The highest BCUT2D eigenvalue weighted by Gasteiger charge is 2.17. The van der Waals surface area contributed by atoms with E-state index < -0.39 is 0 Å². The van der Waals surface area contributed by atoms with Crippen LogP contribution >= 0.6 is 11.6 Å². The summed E-state index contributed by atoms with van der Waals surface area (Å²) in [7, 11) is 0. The molecule has 0 aliphatic heterocycles. The van der Waals surface area contributed by atoms with Gasteiger partial charge in [0.05, 0.1) is 10.7 Å². The van der Waals surface area contributed by atoms with E-state index >= 15 is 0 Å². The van der Waals surface area contributed by atoms with E-state index in [1.54, 1.807) is 6.07 Å². The van der Waals surface area contributed by atoms with Crippen LogP contribution in [0.5, 0.6) is 0 Å². The van der Waals surface area contributed by atoms with Crippen molar-refractivity contribution in [2.45, 2.75) is 40.5 Å². The van der Waals surface area contributed by atoms with Crippen molar-refractivity contribution >= 4 is 34.8 Å². The molecule has 0 unspecified atom stereocenters. The van der Waals surface area contributed by atoms with Gasteiger partial charge in [-0.1, -0.05) is 43.6 Å². The highest BCUT2D eigenvalue weighted by atomic mass is 35.5. The second kappa shape index (κ2) is 8.37. The maximum absolute atomic E-state index is 12.5. The third-order valence-electron chi connectivity index (χ3n) is 4.25. The molecule has 138 valence electrons. The number of nitrogens with one attached hydrogen (secondary N) is 1. The lowest BCUT2D eigenvalue weighted by molar-refractivity contribution is -0.120. The SMILES string of the molecule is CC(=O)N(CC(=O)Nc1c(C)cc(C)cc1Cl)c1ccc(C(C)C)cc1. The van der Waals surface area contributed by atoms with Crippen LogP contribution in [-0.4, -0.2) is 18.4 Å². The van der Waals surface area contributed by atoms with E-state index in [9.17, 15) is 9.59 Å². The summed E-state index contributed by atoms with van der Waals surface area (Å²) in [6.45, 7) is 9.44. The summed E-state index contributed by atoms with van der Waals surface area (Å²) in [5, 5.41) is 3.32. The van der Waals surface area contributed by atoms with Gasteiger partial charge >= 0.3 is 0 Å². The quantitative estimate of drug-likeness (QED) is 0.796. The third kappa shape index (κ3) is 4.85. The Balaban J connectivity index is 2.17. The molecule has 1 N–H and O–H groups in total. The van der Waals surface area contributed by atoms with E-state index in [0.29, 0.717) is 22.3 Å². The van der Waals surface area contributed by atoms with Crippen LogP contribution in [0, 0.1) is 13.8 Å². The zero-order valence-corrected chi connectivity index (χ0v) is 16.6. The molecule has 0 saturated carbocycles. The molecule has 4 nitrogen and oxygen atoms in total. The van der Waals surface area contributed by atoms with Gasteiger partial charge in [-0.25, -0.2) is 0 Å². The number of carbonyl (C=O) groups is 2. The molecule has 2 aromatic carbocycles. The van der Waals surface area contributed by atoms with E-state index in [-0.39, 0.29) is 18.4 Å². The molecule has 0 spiro atoms. The first kappa shape index (κ1) is 20.0. The first-order valence-electron chi connectivity index (χ1n) is 8.63. The highest BCUT2D eigenvalue weighted by Crippen LogP contribution is 2.27. The Morgan fingerprint density at radius 3 is 2.23 bits per heavy atom. The molecule has 0 bridgehead atoms. The molecular formula is C21H25ClN2O2. The summed E-state index contributed by atoms with van der Waals surface area (Å²) in [5.41, 5.74) is 4.38. The van der Waals surface area contributed by atoms with E-state index in [0.717, 1.165) is 11.1 Å². The number of aryl methyl sites for hydroxylation is 2. The number of carbonyl (C=O) groups excluding carboxylic acids is 2. The van der Waals surface area contributed by atoms with Gasteiger partial charge in [0.15, 0.2) is 0 Å². The van der Waals surface area contributed by atoms with Crippen LogP contribution < -0.4 is 10.2 Å². The van der Waals surface area contributed by atoms with Crippen LogP contribution in [0.4, 0.5) is 11.4 Å². The maximum atomic E-state index is 12.5. The lowest BCUT2D eigenvalue weighted by Crippen LogP contribution is -2.36. The summed E-state index contributed by atoms with van der Waals surface area (Å²) in [6, 6.07) is 11.5. The number of halogens is 1.